The standard InChI is InChI=1S/C21H18F2N6O/c22-12-2-1-3-14(8-12)30-15-4-5-16(17(23)9-15)19-18-20(24)26-11-27-21(18)29(28-19)13-6-7-25-10-13/h1-5,8-9,11,13,25H,6-7,10H2,(H2,24,26,27). The summed E-state index contributed by atoms with van der Waals surface area (Å²) >= 11 is 0. The Balaban J connectivity index is 1.57. The monoisotopic (exact) mass is 408 g/mol. The van der Waals surface area contributed by atoms with Crippen molar-refractivity contribution < 1.29 is 13.5 Å². The van der Waals surface area contributed by atoms with Crippen LogP contribution in [0.2, 0.25) is 0 Å². The van der Waals surface area contributed by atoms with Gasteiger partial charge in [-0.2, -0.15) is 5.10 Å². The number of nitrogen functional groups attached to an aromatic ring is 1. The normalized spacial score (nSPS) is 16.3. The first kappa shape index (κ1) is 18.4. The zero-order valence-electron chi connectivity index (χ0n) is 15.8. The molecule has 1 unspecified atom stereocenters. The van der Waals surface area contributed by atoms with Crippen molar-refractivity contribution >= 4 is 16.9 Å². The number of anilines is 1. The largest absolute Gasteiger partial charge is 0.457 e. The van der Waals surface area contributed by atoms with Crippen LogP contribution in [0, 0.1) is 11.6 Å². The van der Waals surface area contributed by atoms with Crippen LogP contribution in [-0.4, -0.2) is 32.8 Å². The van der Waals surface area contributed by atoms with Crippen molar-refractivity contribution in [2.24, 2.45) is 0 Å². The topological polar surface area (TPSA) is 90.9 Å². The fourth-order valence-electron chi connectivity index (χ4n) is 3.70. The maximum absolute atomic E-state index is 15.1. The molecule has 2 aromatic carbocycles. The van der Waals surface area contributed by atoms with E-state index in [2.05, 4.69) is 20.4 Å². The van der Waals surface area contributed by atoms with E-state index in [9.17, 15) is 4.39 Å². The molecule has 2 aromatic heterocycles. The first-order chi connectivity index (χ1) is 14.6. The molecular formula is C21H18F2N6O. The van der Waals surface area contributed by atoms with Crippen LogP contribution < -0.4 is 15.8 Å². The zero-order valence-corrected chi connectivity index (χ0v) is 15.8. The second kappa shape index (κ2) is 7.34. The number of hydrogen-bond donors (Lipinski definition) is 2. The predicted octanol–water partition coefficient (Wildman–Crippen LogP) is 3.68. The van der Waals surface area contributed by atoms with Crippen LogP contribution >= 0.6 is 0 Å². The second-order valence-corrected chi connectivity index (χ2v) is 7.10. The summed E-state index contributed by atoms with van der Waals surface area (Å²) in [6.45, 7) is 1.63. The third kappa shape index (κ3) is 3.22. The van der Waals surface area contributed by atoms with E-state index in [0.29, 0.717) is 16.7 Å². The van der Waals surface area contributed by atoms with Crippen LogP contribution in [-0.2, 0) is 0 Å². The molecule has 0 bridgehead atoms. The maximum Gasteiger partial charge on any atom is 0.164 e. The van der Waals surface area contributed by atoms with Crippen molar-refractivity contribution in [1.29, 1.82) is 0 Å². The number of nitrogens with two attached hydrogens (primary N) is 1. The summed E-state index contributed by atoms with van der Waals surface area (Å²) in [5.41, 5.74) is 7.32. The van der Waals surface area contributed by atoms with E-state index in [1.54, 1.807) is 22.9 Å². The van der Waals surface area contributed by atoms with E-state index >= 15 is 4.39 Å². The molecule has 9 heteroatoms. The van der Waals surface area contributed by atoms with Gasteiger partial charge >= 0.3 is 0 Å². The minimum Gasteiger partial charge on any atom is -0.457 e. The Morgan fingerprint density at radius 2 is 1.97 bits per heavy atom. The number of benzene rings is 2. The van der Waals surface area contributed by atoms with Crippen molar-refractivity contribution in [1.82, 2.24) is 25.1 Å². The minimum absolute atomic E-state index is 0.106. The molecule has 0 aliphatic carbocycles. The molecule has 30 heavy (non-hydrogen) atoms. The lowest BCUT2D eigenvalue weighted by atomic mass is 10.1. The number of halogens is 2. The molecule has 0 amide bonds. The van der Waals surface area contributed by atoms with Gasteiger partial charge < -0.3 is 15.8 Å². The van der Waals surface area contributed by atoms with Crippen LogP contribution in [0.25, 0.3) is 22.3 Å². The Kier molecular flexibility index (Phi) is 4.51. The quantitative estimate of drug-likeness (QED) is 0.535. The van der Waals surface area contributed by atoms with Gasteiger partial charge in [0.2, 0.25) is 0 Å². The average molecular weight is 408 g/mol. The SMILES string of the molecule is Nc1ncnc2c1c(-c1ccc(Oc3cccc(F)c3)cc1F)nn2C1CCNC1. The smallest absolute Gasteiger partial charge is 0.164 e. The van der Waals surface area contributed by atoms with Gasteiger partial charge in [0.15, 0.2) is 5.65 Å². The fourth-order valence-corrected chi connectivity index (χ4v) is 3.70. The second-order valence-electron chi connectivity index (χ2n) is 7.10. The minimum atomic E-state index is -0.539. The fraction of sp³-hybridized carbons (Fsp3) is 0.190. The van der Waals surface area contributed by atoms with Crippen molar-refractivity contribution in [2.75, 3.05) is 18.8 Å². The van der Waals surface area contributed by atoms with Gasteiger partial charge in [-0.1, -0.05) is 6.07 Å². The maximum atomic E-state index is 15.1. The summed E-state index contributed by atoms with van der Waals surface area (Å²) in [4.78, 5) is 8.40. The molecule has 3 heterocycles. The van der Waals surface area contributed by atoms with Gasteiger partial charge in [0, 0.05) is 24.2 Å². The van der Waals surface area contributed by atoms with E-state index in [4.69, 9.17) is 10.5 Å². The third-order valence-electron chi connectivity index (χ3n) is 5.13. The molecule has 5 rings (SSSR count). The van der Waals surface area contributed by atoms with Crippen LogP contribution in [0.4, 0.5) is 14.6 Å². The number of ether oxygens (including phenoxy) is 1. The van der Waals surface area contributed by atoms with Crippen LogP contribution in [0.15, 0.2) is 48.8 Å². The summed E-state index contributed by atoms with van der Waals surface area (Å²) in [6.07, 6.45) is 2.28. The third-order valence-corrected chi connectivity index (χ3v) is 5.13. The molecule has 0 saturated carbocycles. The molecular weight excluding hydrogens is 390 g/mol. The average Bonchev–Trinajstić information content (AvgIpc) is 3.37. The van der Waals surface area contributed by atoms with Crippen LogP contribution in [0.5, 0.6) is 11.5 Å². The van der Waals surface area contributed by atoms with E-state index in [-0.39, 0.29) is 28.9 Å². The highest BCUT2D eigenvalue weighted by molar-refractivity contribution is 5.98. The Labute approximate surface area is 170 Å². The Hall–Kier alpha value is -3.59. The number of aromatic nitrogens is 4. The molecule has 1 aliphatic rings. The number of hydrogen-bond acceptors (Lipinski definition) is 6. The van der Waals surface area contributed by atoms with Crippen molar-refractivity contribution in [3.05, 3.63) is 60.4 Å². The first-order valence-corrected chi connectivity index (χ1v) is 9.53. The van der Waals surface area contributed by atoms with Gasteiger partial charge in [-0.25, -0.2) is 23.4 Å². The molecule has 3 N–H and O–H groups in total. The highest BCUT2D eigenvalue weighted by Gasteiger charge is 2.25. The van der Waals surface area contributed by atoms with Gasteiger partial charge in [0.1, 0.15) is 41.0 Å². The van der Waals surface area contributed by atoms with Gasteiger partial charge in [-0.15, -0.1) is 0 Å². The summed E-state index contributed by atoms with van der Waals surface area (Å²) in [5, 5.41) is 8.46. The van der Waals surface area contributed by atoms with Crippen LogP contribution in [0.3, 0.4) is 0 Å². The zero-order chi connectivity index (χ0) is 20.7. The Bertz CT molecular complexity index is 1240. The van der Waals surface area contributed by atoms with Crippen molar-refractivity contribution in [2.45, 2.75) is 12.5 Å². The van der Waals surface area contributed by atoms with E-state index in [0.717, 1.165) is 19.5 Å². The molecule has 0 spiro atoms. The molecule has 1 aliphatic heterocycles. The van der Waals surface area contributed by atoms with Gasteiger partial charge in [-0.3, -0.25) is 0 Å². The molecule has 0 radical (unpaired) electrons. The van der Waals surface area contributed by atoms with Crippen LogP contribution in [0.1, 0.15) is 12.5 Å². The Morgan fingerprint density at radius 1 is 1.10 bits per heavy atom. The van der Waals surface area contributed by atoms with E-state index in [1.165, 1.54) is 30.6 Å². The van der Waals surface area contributed by atoms with Gasteiger partial charge in [0.25, 0.3) is 0 Å². The lowest BCUT2D eigenvalue weighted by Gasteiger charge is -2.09. The summed E-state index contributed by atoms with van der Waals surface area (Å²) in [5.74, 6) is -0.202. The lowest BCUT2D eigenvalue weighted by Crippen LogP contribution is -2.15. The first-order valence-electron chi connectivity index (χ1n) is 9.53. The van der Waals surface area contributed by atoms with Crippen molar-refractivity contribution in [3.8, 4) is 22.8 Å². The lowest BCUT2D eigenvalue weighted by molar-refractivity contribution is 0.471. The number of nitrogens with zero attached hydrogens (tertiary/aromatic N) is 4. The summed E-state index contributed by atoms with van der Waals surface area (Å²) < 4.78 is 35.8. The molecule has 152 valence electrons. The molecule has 4 aromatic rings. The van der Waals surface area contributed by atoms with Crippen molar-refractivity contribution in [3.63, 3.8) is 0 Å². The summed E-state index contributed by atoms with van der Waals surface area (Å²) in [7, 11) is 0. The van der Waals surface area contributed by atoms with Gasteiger partial charge in [-0.05, 0) is 37.2 Å². The molecule has 1 saturated heterocycles. The van der Waals surface area contributed by atoms with Gasteiger partial charge in [0.05, 0.1) is 11.4 Å². The highest BCUT2D eigenvalue weighted by atomic mass is 19.1. The molecule has 7 nitrogen and oxygen atoms in total. The number of nitrogens with one attached hydrogen (secondary N) is 1. The Morgan fingerprint density at radius 3 is 2.73 bits per heavy atom. The van der Waals surface area contributed by atoms with E-state index in [1.807, 2.05) is 0 Å². The van der Waals surface area contributed by atoms with E-state index < -0.39 is 11.6 Å². The number of fused-ring (bicyclic) bond motifs is 1. The highest BCUT2D eigenvalue weighted by Crippen LogP contribution is 2.35. The summed E-state index contributed by atoms with van der Waals surface area (Å²) in [6, 6.07) is 10.2. The number of rotatable bonds is 4. The molecule has 1 fully saturated rings. The predicted molar refractivity (Wildman–Crippen MR) is 108 cm³/mol. The molecule has 1 atom stereocenters.